The Morgan fingerprint density at radius 3 is 2.37 bits per heavy atom. The van der Waals surface area contributed by atoms with E-state index in [1.54, 1.807) is 11.4 Å². The van der Waals surface area contributed by atoms with Gasteiger partial charge in [0.2, 0.25) is 10.0 Å². The highest BCUT2D eigenvalue weighted by atomic mass is 35.5. The van der Waals surface area contributed by atoms with E-state index in [9.17, 15) is 8.42 Å². The predicted molar refractivity (Wildman–Crippen MR) is 120 cm³/mol. The minimum absolute atomic E-state index is 0.194. The van der Waals surface area contributed by atoms with Gasteiger partial charge in [-0.05, 0) is 31.0 Å². The minimum atomic E-state index is -3.19. The quantitative estimate of drug-likeness (QED) is 0.612. The number of anilines is 1. The van der Waals surface area contributed by atoms with Gasteiger partial charge in [0, 0.05) is 50.3 Å². The maximum atomic E-state index is 12.4. The summed E-state index contributed by atoms with van der Waals surface area (Å²) in [6, 6.07) is 7.74. The summed E-state index contributed by atoms with van der Waals surface area (Å²) in [5, 5.41) is 0.695. The first-order valence-electron chi connectivity index (χ1n) is 10.2. The second-order valence-electron chi connectivity index (χ2n) is 7.46. The highest BCUT2D eigenvalue weighted by Crippen LogP contribution is 2.27. The van der Waals surface area contributed by atoms with Crippen molar-refractivity contribution in [2.75, 3.05) is 43.9 Å². The van der Waals surface area contributed by atoms with Crippen LogP contribution in [0.2, 0.25) is 5.02 Å². The Labute approximate surface area is 184 Å². The fourth-order valence-corrected chi connectivity index (χ4v) is 5.33. The van der Waals surface area contributed by atoms with Crippen LogP contribution in [0.5, 0.6) is 0 Å². The van der Waals surface area contributed by atoms with Crippen LogP contribution in [-0.4, -0.2) is 61.7 Å². The van der Waals surface area contributed by atoms with Gasteiger partial charge in [-0.2, -0.15) is 4.31 Å². The van der Waals surface area contributed by atoms with Crippen LogP contribution in [0.4, 0.5) is 5.82 Å². The molecule has 9 heteroatoms. The average Bonchev–Trinajstić information content (AvgIpc) is 2.71. The number of aromatic nitrogens is 2. The molecule has 0 aliphatic carbocycles. The lowest BCUT2D eigenvalue weighted by Crippen LogP contribution is -2.49. The molecule has 2 heterocycles. The smallest absolute Gasteiger partial charge is 0.214 e. The van der Waals surface area contributed by atoms with Crippen molar-refractivity contribution in [3.8, 4) is 0 Å². The molecular formula is C21H29ClN4O3S. The van der Waals surface area contributed by atoms with Crippen molar-refractivity contribution in [3.05, 3.63) is 51.9 Å². The van der Waals surface area contributed by atoms with Gasteiger partial charge < -0.3 is 9.64 Å². The predicted octanol–water partition coefficient (Wildman–Crippen LogP) is 3.04. The molecular weight excluding hydrogens is 424 g/mol. The van der Waals surface area contributed by atoms with Gasteiger partial charge in [0.05, 0.1) is 18.1 Å². The molecule has 0 radical (unpaired) electrons. The number of ether oxygens (including phenoxy) is 1. The molecule has 0 N–H and O–H groups in total. The molecule has 0 atom stereocenters. The number of rotatable bonds is 8. The SMILES string of the molecule is CCCS(=O)(=O)N1CCN(c2nc(C)nc(COC)c2Cc2ccc(Cl)cc2)CC1. The third kappa shape index (κ3) is 5.49. The zero-order valence-corrected chi connectivity index (χ0v) is 19.3. The van der Waals surface area contributed by atoms with E-state index in [1.807, 2.05) is 38.1 Å². The monoisotopic (exact) mass is 452 g/mol. The number of benzene rings is 1. The molecule has 1 saturated heterocycles. The van der Waals surface area contributed by atoms with Crippen molar-refractivity contribution in [2.24, 2.45) is 0 Å². The maximum absolute atomic E-state index is 12.4. The molecule has 1 aliphatic heterocycles. The maximum Gasteiger partial charge on any atom is 0.214 e. The average molecular weight is 453 g/mol. The number of piperazine rings is 1. The summed E-state index contributed by atoms with van der Waals surface area (Å²) in [5.41, 5.74) is 2.97. The van der Waals surface area contributed by atoms with E-state index in [-0.39, 0.29) is 5.75 Å². The van der Waals surface area contributed by atoms with Crippen molar-refractivity contribution in [3.63, 3.8) is 0 Å². The van der Waals surface area contributed by atoms with E-state index in [1.165, 1.54) is 0 Å². The number of nitrogens with zero attached hydrogens (tertiary/aromatic N) is 4. The largest absolute Gasteiger partial charge is 0.378 e. The van der Waals surface area contributed by atoms with Gasteiger partial charge in [0.15, 0.2) is 0 Å². The van der Waals surface area contributed by atoms with Gasteiger partial charge in [-0.15, -0.1) is 0 Å². The summed E-state index contributed by atoms with van der Waals surface area (Å²) >= 11 is 6.04. The third-order valence-corrected chi connectivity index (χ3v) is 7.48. The Hall–Kier alpha value is -1.74. The van der Waals surface area contributed by atoms with Gasteiger partial charge in [-0.1, -0.05) is 30.7 Å². The van der Waals surface area contributed by atoms with Crippen LogP contribution in [0.3, 0.4) is 0 Å². The summed E-state index contributed by atoms with van der Waals surface area (Å²) < 4.78 is 31.8. The number of halogens is 1. The molecule has 0 unspecified atom stereocenters. The van der Waals surface area contributed by atoms with Crippen molar-refractivity contribution < 1.29 is 13.2 Å². The van der Waals surface area contributed by atoms with Crippen LogP contribution in [0, 0.1) is 6.92 Å². The lowest BCUT2D eigenvalue weighted by molar-refractivity contribution is 0.180. The van der Waals surface area contributed by atoms with E-state index < -0.39 is 10.0 Å². The molecule has 1 fully saturated rings. The Balaban J connectivity index is 1.89. The van der Waals surface area contributed by atoms with Gasteiger partial charge >= 0.3 is 0 Å². The molecule has 1 aromatic carbocycles. The number of hydrogen-bond acceptors (Lipinski definition) is 6. The first-order valence-corrected chi connectivity index (χ1v) is 12.1. The van der Waals surface area contributed by atoms with Gasteiger partial charge in [-0.25, -0.2) is 18.4 Å². The molecule has 3 rings (SSSR count). The molecule has 1 aliphatic rings. The third-order valence-electron chi connectivity index (χ3n) is 5.15. The van der Waals surface area contributed by atoms with E-state index in [2.05, 4.69) is 9.88 Å². The van der Waals surface area contributed by atoms with Gasteiger partial charge in [0.25, 0.3) is 0 Å². The second-order valence-corrected chi connectivity index (χ2v) is 9.98. The van der Waals surface area contributed by atoms with Gasteiger partial charge in [0.1, 0.15) is 11.6 Å². The summed E-state index contributed by atoms with van der Waals surface area (Å²) in [4.78, 5) is 11.5. The highest BCUT2D eigenvalue weighted by Gasteiger charge is 2.28. The first kappa shape index (κ1) is 22.9. The van der Waals surface area contributed by atoms with Crippen LogP contribution >= 0.6 is 11.6 Å². The summed E-state index contributed by atoms with van der Waals surface area (Å²) in [5.74, 6) is 1.73. The number of aryl methyl sites for hydroxylation is 1. The zero-order valence-electron chi connectivity index (χ0n) is 17.8. The van der Waals surface area contributed by atoms with Crippen molar-refractivity contribution >= 4 is 27.4 Å². The van der Waals surface area contributed by atoms with Gasteiger partial charge in [-0.3, -0.25) is 0 Å². The first-order chi connectivity index (χ1) is 14.3. The second kappa shape index (κ2) is 10.0. The van der Waals surface area contributed by atoms with E-state index in [4.69, 9.17) is 21.3 Å². The van der Waals surface area contributed by atoms with Crippen molar-refractivity contribution in [1.29, 1.82) is 0 Å². The molecule has 1 aromatic heterocycles. The summed E-state index contributed by atoms with van der Waals surface area (Å²) in [6.45, 7) is 6.27. The topological polar surface area (TPSA) is 75.6 Å². The van der Waals surface area contributed by atoms with Crippen LogP contribution in [0.15, 0.2) is 24.3 Å². The molecule has 0 spiro atoms. The number of methoxy groups -OCH3 is 1. The zero-order chi connectivity index (χ0) is 21.7. The summed E-state index contributed by atoms with van der Waals surface area (Å²) in [7, 11) is -1.53. The standard InChI is InChI=1S/C21H29ClN4O3S/c1-4-13-30(27,28)26-11-9-25(10-12-26)21-19(14-17-5-7-18(22)8-6-17)20(15-29-3)23-16(2)24-21/h5-8H,4,9-15H2,1-3H3. The van der Waals surface area contributed by atoms with Crippen LogP contribution < -0.4 is 4.90 Å². The molecule has 164 valence electrons. The fourth-order valence-electron chi connectivity index (χ4n) is 3.71. The van der Waals surface area contributed by atoms with E-state index in [0.717, 1.165) is 22.6 Å². The number of sulfonamides is 1. The molecule has 30 heavy (non-hydrogen) atoms. The Morgan fingerprint density at radius 1 is 1.10 bits per heavy atom. The molecule has 0 bridgehead atoms. The fraction of sp³-hybridized carbons (Fsp3) is 0.524. The molecule has 2 aromatic rings. The van der Waals surface area contributed by atoms with E-state index in [0.29, 0.717) is 56.5 Å². The Kier molecular flexibility index (Phi) is 7.68. The Morgan fingerprint density at radius 2 is 1.77 bits per heavy atom. The lowest BCUT2D eigenvalue weighted by atomic mass is 10.0. The molecule has 0 amide bonds. The van der Waals surface area contributed by atoms with Crippen molar-refractivity contribution in [1.82, 2.24) is 14.3 Å². The van der Waals surface area contributed by atoms with Crippen molar-refractivity contribution in [2.45, 2.75) is 33.3 Å². The highest BCUT2D eigenvalue weighted by molar-refractivity contribution is 7.89. The molecule has 0 saturated carbocycles. The molecule has 7 nitrogen and oxygen atoms in total. The van der Waals surface area contributed by atoms with Crippen LogP contribution in [0.1, 0.15) is 36.0 Å². The minimum Gasteiger partial charge on any atom is -0.378 e. The van der Waals surface area contributed by atoms with Crippen LogP contribution in [0.25, 0.3) is 0 Å². The Bertz CT molecular complexity index is 959. The van der Waals surface area contributed by atoms with E-state index >= 15 is 0 Å². The summed E-state index contributed by atoms with van der Waals surface area (Å²) in [6.07, 6.45) is 1.28. The normalized spacial score (nSPS) is 15.5. The van der Waals surface area contributed by atoms with Crippen LogP contribution in [-0.2, 0) is 27.8 Å². The number of hydrogen-bond donors (Lipinski definition) is 0. The lowest BCUT2D eigenvalue weighted by Gasteiger charge is -2.36.